The Morgan fingerprint density at radius 2 is 1.09 bits per heavy atom. The second kappa shape index (κ2) is 27.3. The van der Waals surface area contributed by atoms with Crippen LogP contribution >= 0.6 is 0 Å². The van der Waals surface area contributed by atoms with Gasteiger partial charge in [0.05, 0.1) is 54.8 Å². The van der Waals surface area contributed by atoms with E-state index in [4.69, 9.17) is 73.0 Å². The summed E-state index contributed by atoms with van der Waals surface area (Å²) < 4.78 is 81.6. The molecule has 5 aliphatic rings. The molecule has 1 aromatic carbocycles. The lowest BCUT2D eigenvalue weighted by Gasteiger charge is -2.52. The number of carbonyl (C=O) groups is 8. The van der Waals surface area contributed by atoms with E-state index in [1.807, 2.05) is 27.7 Å². The Kier molecular flexibility index (Phi) is 21.8. The molecular formula is C55H82N4O22. The predicted molar refractivity (Wildman–Crippen MR) is 278 cm³/mol. The molecule has 0 aliphatic carbocycles. The molecule has 4 amide bonds. The molecule has 0 radical (unpaired) electrons. The number of ketones is 1. The summed E-state index contributed by atoms with van der Waals surface area (Å²) in [5, 5.41) is 17.6. The number of nitrogens with one attached hydrogen (secondary N) is 2. The Morgan fingerprint density at radius 1 is 0.556 bits per heavy atom. The van der Waals surface area contributed by atoms with Crippen LogP contribution in [-0.2, 0) is 90.3 Å². The van der Waals surface area contributed by atoms with Gasteiger partial charge >= 0.3 is 24.0 Å². The number of ether oxygens (including phenoxy) is 13. The molecule has 454 valence electrons. The van der Waals surface area contributed by atoms with Crippen LogP contribution in [0.4, 0.5) is 4.79 Å². The number of hydrogen-bond donors (Lipinski definition) is 5. The molecule has 10 unspecified atom stereocenters. The molecule has 25 atom stereocenters. The lowest BCUT2D eigenvalue weighted by molar-refractivity contribution is -0.357. The lowest BCUT2D eigenvalue weighted by atomic mass is 9.81. The number of carbonyl (C=O) groups excluding carboxylic acids is 8. The van der Waals surface area contributed by atoms with Gasteiger partial charge in [-0.2, -0.15) is 0 Å². The van der Waals surface area contributed by atoms with Crippen LogP contribution in [0.25, 0.3) is 0 Å². The van der Waals surface area contributed by atoms with Gasteiger partial charge in [-0.25, -0.2) is 9.59 Å². The van der Waals surface area contributed by atoms with Crippen molar-refractivity contribution in [1.82, 2.24) is 10.6 Å². The van der Waals surface area contributed by atoms with Crippen LogP contribution < -0.4 is 22.1 Å². The van der Waals surface area contributed by atoms with Crippen LogP contribution in [0.2, 0.25) is 0 Å². The molecule has 1 aromatic rings. The Morgan fingerprint density at radius 3 is 1.64 bits per heavy atom. The van der Waals surface area contributed by atoms with E-state index in [0.29, 0.717) is 0 Å². The molecule has 0 aromatic heterocycles. The van der Waals surface area contributed by atoms with Gasteiger partial charge < -0.3 is 88.8 Å². The number of primary amides is 2. The summed E-state index contributed by atoms with van der Waals surface area (Å²) in [5.74, 6) is -7.36. The predicted octanol–water partition coefficient (Wildman–Crippen LogP) is 1.70. The zero-order valence-corrected chi connectivity index (χ0v) is 48.3. The Bertz CT molecular complexity index is 2400. The summed E-state index contributed by atoms with van der Waals surface area (Å²) in [5.41, 5.74) is 9.07. The first-order valence-electron chi connectivity index (χ1n) is 27.4. The van der Waals surface area contributed by atoms with Crippen LogP contribution in [0.3, 0.4) is 0 Å². The molecule has 26 nitrogen and oxygen atoms in total. The molecule has 0 saturated carbocycles. The fourth-order valence-electron chi connectivity index (χ4n) is 11.5. The Labute approximate surface area is 471 Å². The van der Waals surface area contributed by atoms with Crippen LogP contribution in [0.5, 0.6) is 0 Å². The van der Waals surface area contributed by atoms with Gasteiger partial charge in [-0.05, 0) is 51.7 Å². The number of hydrogen-bond acceptors (Lipinski definition) is 22. The highest BCUT2D eigenvalue weighted by Crippen LogP contribution is 2.42. The van der Waals surface area contributed by atoms with Crippen molar-refractivity contribution in [2.45, 2.75) is 213 Å². The largest absolute Gasteiger partial charge is 0.463 e. The van der Waals surface area contributed by atoms with E-state index < -0.39 is 188 Å². The van der Waals surface area contributed by atoms with Gasteiger partial charge in [-0.1, -0.05) is 59.7 Å². The second-order valence-corrected chi connectivity index (χ2v) is 22.4. The van der Waals surface area contributed by atoms with Crippen molar-refractivity contribution >= 4 is 47.5 Å². The number of Topliss-reactive ketones (excluding diaryl/α,β-unsaturated/α-hetero) is 1. The zero-order chi connectivity index (χ0) is 60.1. The molecule has 7 N–H and O–H groups in total. The quantitative estimate of drug-likeness (QED) is 0.0972. The monoisotopic (exact) mass is 1150 g/mol. The van der Waals surface area contributed by atoms with Crippen molar-refractivity contribution in [1.29, 1.82) is 0 Å². The minimum atomic E-state index is -2.33. The highest BCUT2D eigenvalue weighted by atomic mass is 16.8. The number of nitrogens with two attached hydrogens (primary N) is 2. The highest BCUT2D eigenvalue weighted by Gasteiger charge is 2.60. The molecule has 5 fully saturated rings. The molecule has 6 rings (SSSR count). The van der Waals surface area contributed by atoms with Crippen LogP contribution in [-0.4, -0.2) is 182 Å². The van der Waals surface area contributed by atoms with E-state index in [9.17, 15) is 43.5 Å². The topological polar surface area (TPSA) is 353 Å². The minimum absolute atomic E-state index is 0.159. The lowest BCUT2D eigenvalue weighted by Crippen LogP contribution is -2.71. The summed E-state index contributed by atoms with van der Waals surface area (Å²) >= 11 is 0. The van der Waals surface area contributed by atoms with Crippen LogP contribution in [0.1, 0.15) is 107 Å². The number of benzene rings is 1. The molecule has 5 aliphatic heterocycles. The Hall–Kier alpha value is -5.42. The van der Waals surface area contributed by atoms with Crippen molar-refractivity contribution in [3.05, 3.63) is 35.9 Å². The third kappa shape index (κ3) is 15.2. The summed E-state index contributed by atoms with van der Waals surface area (Å²) in [6.45, 7) is 21.0. The molecular weight excluding hydrogens is 1070 g/mol. The molecule has 5 saturated heterocycles. The van der Waals surface area contributed by atoms with Crippen molar-refractivity contribution in [2.75, 3.05) is 13.2 Å². The van der Waals surface area contributed by atoms with Gasteiger partial charge in [0.2, 0.25) is 17.7 Å². The highest BCUT2D eigenvalue weighted by molar-refractivity contribution is 5.89. The fraction of sp³-hybridized carbons (Fsp3) is 0.745. The van der Waals surface area contributed by atoms with E-state index in [-0.39, 0.29) is 29.8 Å². The van der Waals surface area contributed by atoms with Crippen LogP contribution in [0, 0.1) is 35.5 Å². The molecule has 81 heavy (non-hydrogen) atoms. The SMILES string of the molecule is CC(=O)NC1[C@H](O[C@@H]2C(CO[C@@H]3OC(COC(C)=O)[C@@H](C)[C@H](C)C3OC(C)=O)O[C@@H](OC3[C@H](C)OC(C(N)=O)[C@@](C)(O)[C@@H]3OC(N)=O)C(NC(C)=O)[C@H]2C)OC(C)[C@@H](O[C@@H]2OC(C(C)=O)[C@H](C)[C@H](C)C2OC(=O)c2ccccc2)[C@@H]1C. The first-order valence-corrected chi connectivity index (χ1v) is 27.4. The number of esters is 3. The fourth-order valence-corrected chi connectivity index (χ4v) is 11.5. The van der Waals surface area contributed by atoms with Crippen molar-refractivity contribution in [3.63, 3.8) is 0 Å². The standard InChI is InChI=1S/C55H82N4O22/c1-22-23(2)43(73-34(13)64)52(74-36(22)20-69-33(12)63)70-21-37-42(27(6)39(59-32(11)62)51(75-37)80-45-30(9)71-47(48(56)65)55(14,68)46(45)81-54(57)67)79-50-38(58-31(10)61)26(5)41(29(8)72-50)78-53-44(25(4)24(3)40(77-53)28(7)60)76-49(66)35-18-16-15-17-19-35/h15-19,22-27,29-30,36-47,50-53,68H,20-21H2,1-14H3,(H2,56,65)(H2,57,67)(H,58,61)(H,59,62)/t22-,23-,24+,25-,26+,27+,29?,30-,36?,37?,38?,39?,40?,41-,42-,43?,44?,45?,46+,47?,50-,51-,52+,53-,55-/m0/s1. The summed E-state index contributed by atoms with van der Waals surface area (Å²) in [6, 6.07) is 6.18. The minimum Gasteiger partial charge on any atom is -0.463 e. The second-order valence-electron chi connectivity index (χ2n) is 22.4. The third-order valence-electron chi connectivity index (χ3n) is 16.3. The van der Waals surface area contributed by atoms with E-state index in [0.717, 1.165) is 6.92 Å². The maximum absolute atomic E-state index is 13.6. The zero-order valence-electron chi connectivity index (χ0n) is 48.3. The molecule has 5 heterocycles. The van der Waals surface area contributed by atoms with Gasteiger partial charge in [0.1, 0.15) is 30.5 Å². The first-order chi connectivity index (χ1) is 37.9. The van der Waals surface area contributed by atoms with E-state index in [1.54, 1.807) is 51.1 Å². The molecule has 0 spiro atoms. The van der Waals surface area contributed by atoms with Crippen LogP contribution in [0.15, 0.2) is 30.3 Å². The van der Waals surface area contributed by atoms with E-state index >= 15 is 0 Å². The summed E-state index contributed by atoms with van der Waals surface area (Å²) in [7, 11) is 0. The van der Waals surface area contributed by atoms with Gasteiger partial charge in [-0.15, -0.1) is 0 Å². The number of aliphatic hydroxyl groups is 1. The molecule has 0 bridgehead atoms. The van der Waals surface area contributed by atoms with Crippen molar-refractivity contribution in [2.24, 2.45) is 47.0 Å². The number of amides is 4. The van der Waals surface area contributed by atoms with Crippen molar-refractivity contribution < 1.29 is 105 Å². The molecule has 26 heteroatoms. The van der Waals surface area contributed by atoms with E-state index in [1.165, 1.54) is 41.5 Å². The summed E-state index contributed by atoms with van der Waals surface area (Å²) in [6.07, 6.45) is -20.8. The average molecular weight is 1150 g/mol. The van der Waals surface area contributed by atoms with Gasteiger partial charge in [0.15, 0.2) is 55.4 Å². The smallest absolute Gasteiger partial charge is 0.404 e. The Balaban J connectivity index is 1.37. The first kappa shape index (κ1) is 64.7. The normalized spacial score (nSPS) is 40.6. The van der Waals surface area contributed by atoms with Crippen molar-refractivity contribution in [3.8, 4) is 0 Å². The average Bonchev–Trinajstić information content (AvgIpc) is 3.52. The van der Waals surface area contributed by atoms with Gasteiger partial charge in [-0.3, -0.25) is 28.8 Å². The maximum atomic E-state index is 13.6. The van der Waals surface area contributed by atoms with E-state index in [2.05, 4.69) is 10.6 Å². The number of rotatable bonds is 19. The van der Waals surface area contributed by atoms with Gasteiger partial charge in [0.25, 0.3) is 0 Å². The maximum Gasteiger partial charge on any atom is 0.404 e. The third-order valence-corrected chi connectivity index (χ3v) is 16.3. The van der Waals surface area contributed by atoms with Gasteiger partial charge in [0, 0.05) is 51.4 Å². The summed E-state index contributed by atoms with van der Waals surface area (Å²) in [4.78, 5) is 103.